The van der Waals surface area contributed by atoms with E-state index in [1.54, 1.807) is 0 Å². The maximum Gasteiger partial charge on any atom is 0.303 e. The molecule has 0 aliphatic carbocycles. The minimum atomic E-state index is -1.57. The number of aliphatic carboxylic acids is 3. The Morgan fingerprint density at radius 3 is 1.37 bits per heavy atom. The monoisotopic (exact) mass is 503 g/mol. The Bertz CT molecular complexity index is 845. The third-order valence-electron chi connectivity index (χ3n) is 4.46. The topological polar surface area (TPSA) is 285 Å². The van der Waals surface area contributed by atoms with Crippen LogP contribution < -0.4 is 27.4 Å². The van der Waals surface area contributed by atoms with Gasteiger partial charge in [0.15, 0.2) is 5.78 Å². The second-order valence-corrected chi connectivity index (χ2v) is 7.35. The van der Waals surface area contributed by atoms with Gasteiger partial charge in [0.2, 0.25) is 23.6 Å². The van der Waals surface area contributed by atoms with Crippen LogP contribution in [0.25, 0.3) is 0 Å². The number of carboxylic acid groups (broad SMARTS) is 3. The Balaban J connectivity index is 5.69. The quantitative estimate of drug-likeness (QED) is 0.0843. The summed E-state index contributed by atoms with van der Waals surface area (Å²) < 4.78 is 0. The van der Waals surface area contributed by atoms with E-state index in [9.17, 15) is 38.4 Å². The molecule has 0 aromatic heterocycles. The molecule has 0 saturated heterocycles. The Kier molecular flexibility index (Phi) is 13.9. The highest BCUT2D eigenvalue weighted by molar-refractivity contribution is 6.02. The van der Waals surface area contributed by atoms with Crippen molar-refractivity contribution < 1.29 is 53.7 Å². The molecule has 0 aromatic carbocycles. The molecular formula is C19H29N5O11. The van der Waals surface area contributed by atoms with Crippen molar-refractivity contribution in [3.63, 3.8) is 0 Å². The zero-order chi connectivity index (χ0) is 27.1. The molecule has 0 saturated carbocycles. The zero-order valence-corrected chi connectivity index (χ0v) is 18.7. The maximum absolute atomic E-state index is 12.8. The van der Waals surface area contributed by atoms with Gasteiger partial charge in [0, 0.05) is 19.3 Å². The average Bonchev–Trinajstić information content (AvgIpc) is 2.75. The van der Waals surface area contributed by atoms with Crippen molar-refractivity contribution in [3.05, 3.63) is 0 Å². The fraction of sp³-hybridized carbons (Fsp3) is 0.579. The van der Waals surface area contributed by atoms with Gasteiger partial charge in [-0.05, 0) is 19.3 Å². The Hall–Kier alpha value is -4.08. The summed E-state index contributed by atoms with van der Waals surface area (Å²) in [6.45, 7) is -0.521. The minimum absolute atomic E-state index is 0.376. The third kappa shape index (κ3) is 13.9. The summed E-state index contributed by atoms with van der Waals surface area (Å²) in [4.78, 5) is 93.0. The van der Waals surface area contributed by atoms with Crippen LogP contribution in [-0.4, -0.2) is 87.3 Å². The lowest BCUT2D eigenvalue weighted by atomic mass is 10.0. The van der Waals surface area contributed by atoms with Crippen LogP contribution in [0.3, 0.4) is 0 Å². The second-order valence-electron chi connectivity index (χ2n) is 7.35. The number of hydrogen-bond donors (Lipinski definition) is 8. The lowest BCUT2D eigenvalue weighted by Crippen LogP contribution is -2.56. The maximum atomic E-state index is 12.8. The van der Waals surface area contributed by atoms with Crippen LogP contribution in [0.1, 0.15) is 44.9 Å². The molecule has 16 nitrogen and oxygen atoms in total. The van der Waals surface area contributed by atoms with E-state index in [0.29, 0.717) is 0 Å². The van der Waals surface area contributed by atoms with Crippen LogP contribution in [0, 0.1) is 0 Å². The molecule has 0 radical (unpaired) electrons. The average molecular weight is 503 g/mol. The summed E-state index contributed by atoms with van der Waals surface area (Å²) >= 11 is 0. The van der Waals surface area contributed by atoms with E-state index in [1.807, 2.05) is 0 Å². The Labute approximate surface area is 198 Å². The third-order valence-corrected chi connectivity index (χ3v) is 4.46. The molecule has 4 amide bonds. The lowest BCUT2D eigenvalue weighted by molar-refractivity contribution is -0.140. The second kappa shape index (κ2) is 15.7. The fourth-order valence-electron chi connectivity index (χ4n) is 2.75. The molecule has 35 heavy (non-hydrogen) atoms. The van der Waals surface area contributed by atoms with E-state index in [2.05, 4.69) is 16.0 Å². The zero-order valence-electron chi connectivity index (χ0n) is 18.7. The highest BCUT2D eigenvalue weighted by Gasteiger charge is 2.30. The van der Waals surface area contributed by atoms with Gasteiger partial charge < -0.3 is 42.7 Å². The molecule has 0 heterocycles. The van der Waals surface area contributed by atoms with E-state index >= 15 is 0 Å². The molecule has 3 atom stereocenters. The first kappa shape index (κ1) is 30.9. The normalized spacial score (nSPS) is 12.9. The van der Waals surface area contributed by atoms with E-state index in [-0.39, 0.29) is 6.42 Å². The van der Waals surface area contributed by atoms with Crippen molar-refractivity contribution in [1.82, 2.24) is 16.0 Å². The van der Waals surface area contributed by atoms with E-state index in [4.69, 9.17) is 26.8 Å². The summed E-state index contributed by atoms with van der Waals surface area (Å²) in [5, 5.41) is 33.2. The van der Waals surface area contributed by atoms with Gasteiger partial charge in [-0.3, -0.25) is 38.4 Å². The number of carbonyl (C=O) groups excluding carboxylic acids is 5. The molecule has 196 valence electrons. The molecule has 10 N–H and O–H groups in total. The number of hydrogen-bond acceptors (Lipinski definition) is 9. The van der Waals surface area contributed by atoms with Crippen LogP contribution in [0.4, 0.5) is 0 Å². The van der Waals surface area contributed by atoms with E-state index in [0.717, 1.165) is 0 Å². The number of Topliss-reactive ketones (excluding diaryl/α,β-unsaturated/α-hetero) is 1. The molecule has 0 aliphatic rings. The van der Waals surface area contributed by atoms with Crippen LogP contribution in [0.2, 0.25) is 0 Å². The highest BCUT2D eigenvalue weighted by atomic mass is 16.4. The standard InChI is InChI=1S/C19H29N5O11/c20-8-14(27)22-10(2-5-16(30)31)18(34)24-11(3-6-17(32)33)19(35)23-9(1-4-15(28)29)12(25)7-13(21)26/h9-11H,1-8,20H2,(H2,21,26)(H,22,27)(H,23,35)(H,24,34)(H,28,29)(H,30,31)(H,32,33)/t9-,10-,11-/m0/s1. The molecule has 0 spiro atoms. The number of primary amides is 1. The number of rotatable bonds is 18. The summed E-state index contributed by atoms with van der Waals surface area (Å²) in [6.07, 6.45) is -3.78. The van der Waals surface area contributed by atoms with Crippen LogP contribution in [-0.2, 0) is 38.4 Å². The Morgan fingerprint density at radius 2 is 1.00 bits per heavy atom. The number of carboxylic acids is 3. The first-order chi connectivity index (χ1) is 16.3. The predicted molar refractivity (Wildman–Crippen MR) is 114 cm³/mol. The largest absolute Gasteiger partial charge is 0.481 e. The highest BCUT2D eigenvalue weighted by Crippen LogP contribution is 2.07. The van der Waals surface area contributed by atoms with Gasteiger partial charge in [0.25, 0.3) is 0 Å². The summed E-state index contributed by atoms with van der Waals surface area (Å²) in [6, 6.07) is -4.48. The molecule has 0 bridgehead atoms. The first-order valence-corrected chi connectivity index (χ1v) is 10.3. The number of carbonyl (C=O) groups is 8. The van der Waals surface area contributed by atoms with E-state index < -0.39 is 111 Å². The molecule has 16 heteroatoms. The van der Waals surface area contributed by atoms with Crippen LogP contribution >= 0.6 is 0 Å². The number of nitrogens with one attached hydrogen (secondary N) is 3. The molecule has 0 aliphatic heterocycles. The van der Waals surface area contributed by atoms with Gasteiger partial charge in [-0.2, -0.15) is 0 Å². The fourth-order valence-corrected chi connectivity index (χ4v) is 2.75. The van der Waals surface area contributed by atoms with Gasteiger partial charge in [-0.1, -0.05) is 0 Å². The van der Waals surface area contributed by atoms with Crippen molar-refractivity contribution >= 4 is 47.3 Å². The van der Waals surface area contributed by atoms with Crippen molar-refractivity contribution in [2.24, 2.45) is 11.5 Å². The molecule has 0 fully saturated rings. The summed E-state index contributed by atoms with van der Waals surface area (Å²) in [5.74, 6) is -8.74. The summed E-state index contributed by atoms with van der Waals surface area (Å²) in [7, 11) is 0. The summed E-state index contributed by atoms with van der Waals surface area (Å²) in [5.41, 5.74) is 10.1. The molecule has 0 rings (SSSR count). The van der Waals surface area contributed by atoms with Gasteiger partial charge in [-0.15, -0.1) is 0 Å². The van der Waals surface area contributed by atoms with Gasteiger partial charge in [0.05, 0.1) is 19.0 Å². The van der Waals surface area contributed by atoms with Crippen molar-refractivity contribution in [2.45, 2.75) is 63.1 Å². The number of nitrogens with two attached hydrogens (primary N) is 2. The Morgan fingerprint density at radius 1 is 0.629 bits per heavy atom. The molecule has 0 aromatic rings. The van der Waals surface area contributed by atoms with Crippen molar-refractivity contribution in [2.75, 3.05) is 6.54 Å². The first-order valence-electron chi connectivity index (χ1n) is 10.3. The van der Waals surface area contributed by atoms with Crippen molar-refractivity contribution in [3.8, 4) is 0 Å². The van der Waals surface area contributed by atoms with Crippen LogP contribution in [0.5, 0.6) is 0 Å². The minimum Gasteiger partial charge on any atom is -0.481 e. The van der Waals surface area contributed by atoms with Gasteiger partial charge in [-0.25, -0.2) is 0 Å². The number of amides is 4. The molecule has 0 unspecified atom stereocenters. The number of ketones is 1. The van der Waals surface area contributed by atoms with E-state index in [1.165, 1.54) is 0 Å². The smallest absolute Gasteiger partial charge is 0.303 e. The predicted octanol–water partition coefficient (Wildman–Crippen LogP) is -3.56. The van der Waals surface area contributed by atoms with Gasteiger partial charge >= 0.3 is 17.9 Å². The van der Waals surface area contributed by atoms with Crippen LogP contribution in [0.15, 0.2) is 0 Å². The molecular weight excluding hydrogens is 474 g/mol. The lowest BCUT2D eigenvalue weighted by Gasteiger charge is -2.24. The van der Waals surface area contributed by atoms with Crippen molar-refractivity contribution in [1.29, 1.82) is 0 Å². The SMILES string of the molecule is NCC(=O)N[C@@H](CCC(=O)O)C(=O)N[C@@H](CCC(=O)O)C(=O)N[C@@H](CCC(=O)O)C(=O)CC(N)=O. The van der Waals surface area contributed by atoms with Gasteiger partial charge in [0.1, 0.15) is 12.1 Å².